The number of piperazine rings is 1. The molecule has 2 unspecified atom stereocenters. The summed E-state index contributed by atoms with van der Waals surface area (Å²) in [4.78, 5) is 27.3. The zero-order valence-corrected chi connectivity index (χ0v) is 22.5. The number of likely N-dealkylation sites (tertiary alicyclic amines) is 1. The van der Waals surface area contributed by atoms with E-state index in [1.807, 2.05) is 11.9 Å². The molecule has 4 saturated heterocycles. The molecule has 2 aromatic carbocycles. The molecule has 2 N–H and O–H groups in total. The molecule has 11 heteroatoms. The molecule has 0 saturated carbocycles. The summed E-state index contributed by atoms with van der Waals surface area (Å²) >= 11 is 0. The van der Waals surface area contributed by atoms with E-state index in [0.29, 0.717) is 29.6 Å². The monoisotopic (exact) mass is 557 g/mol. The van der Waals surface area contributed by atoms with Crippen molar-refractivity contribution in [3.05, 3.63) is 52.2 Å². The van der Waals surface area contributed by atoms with E-state index in [-0.39, 0.29) is 46.0 Å². The fraction of sp³-hybridized carbons (Fsp3) is 0.400. The van der Waals surface area contributed by atoms with E-state index < -0.39 is 24.0 Å². The lowest BCUT2D eigenvalue weighted by Crippen LogP contribution is -2.61. The quantitative estimate of drug-likeness (QED) is 0.358. The summed E-state index contributed by atoms with van der Waals surface area (Å²) in [6.07, 6.45) is 10.5. The maximum absolute atomic E-state index is 14.8. The Bertz CT molecular complexity index is 1870. The van der Waals surface area contributed by atoms with E-state index in [4.69, 9.17) is 13.9 Å². The van der Waals surface area contributed by atoms with Gasteiger partial charge >= 0.3 is 6.01 Å². The fourth-order valence-electron chi connectivity index (χ4n) is 6.28. The summed E-state index contributed by atoms with van der Waals surface area (Å²) in [6.45, 7) is 0.0286. The molecule has 2 bridgehead atoms. The molecule has 4 fully saturated rings. The number of phenols is 1. The number of terminal acetylenes is 1. The molecule has 4 aromatic rings. The number of hydrogen-bond donors (Lipinski definition) is 2. The van der Waals surface area contributed by atoms with Gasteiger partial charge in [-0.25, -0.2) is 4.39 Å². The molecular weight excluding hydrogens is 525 g/mol. The largest absolute Gasteiger partial charge is 0.508 e. The molecule has 4 aliphatic heterocycles. The van der Waals surface area contributed by atoms with Crippen molar-refractivity contribution in [3.8, 4) is 29.8 Å². The summed E-state index contributed by atoms with van der Waals surface area (Å²) in [7, 11) is 1.85. The lowest BCUT2D eigenvalue weighted by molar-refractivity contribution is 0.188. The summed E-state index contributed by atoms with van der Waals surface area (Å²) in [5.74, 6) is 1.99. The van der Waals surface area contributed by atoms with E-state index in [0.717, 1.165) is 37.0 Å². The van der Waals surface area contributed by atoms with Crippen LogP contribution in [0.15, 0.2) is 35.3 Å². The Labute approximate surface area is 238 Å². The van der Waals surface area contributed by atoms with Gasteiger partial charge in [0, 0.05) is 42.7 Å². The van der Waals surface area contributed by atoms with Crippen molar-refractivity contribution >= 4 is 27.5 Å². The number of hydrogen-bond acceptors (Lipinski definition) is 9. The number of halogens is 1. The summed E-state index contributed by atoms with van der Waals surface area (Å²) in [5, 5.41) is 19.5. The highest BCUT2D eigenvalue weighted by Crippen LogP contribution is 2.34. The van der Waals surface area contributed by atoms with Crippen LogP contribution >= 0.6 is 0 Å². The van der Waals surface area contributed by atoms with E-state index >= 15 is 0 Å². The minimum absolute atomic E-state index is 0.0462. The van der Waals surface area contributed by atoms with Gasteiger partial charge < -0.3 is 25.0 Å². The number of anilines is 1. The number of phenolic OH excluding ortho intramolecular Hbond substituents is 1. The average molecular weight is 558 g/mol. The SMILES string of the molecule is [2H]C([2H])(Oc1nc(N2CC3CCC2CN3)c2cnn(-c3cc(O)cc4ccc(F)c(C#C)c34)c(=O)c2n1)[C@@H]1CCCN1C. The van der Waals surface area contributed by atoms with Crippen molar-refractivity contribution in [1.29, 1.82) is 0 Å². The van der Waals surface area contributed by atoms with Crippen LogP contribution in [0, 0.1) is 18.2 Å². The van der Waals surface area contributed by atoms with Crippen LogP contribution in [0.1, 0.15) is 34.0 Å². The minimum Gasteiger partial charge on any atom is -0.508 e. The number of nitrogens with one attached hydrogen (secondary N) is 1. The molecule has 2 aromatic heterocycles. The molecule has 0 amide bonds. The molecule has 3 atom stereocenters. The Morgan fingerprint density at radius 3 is 2.88 bits per heavy atom. The first kappa shape index (κ1) is 23.4. The Morgan fingerprint density at radius 1 is 1.29 bits per heavy atom. The first-order valence-corrected chi connectivity index (χ1v) is 13.8. The normalized spacial score (nSPS) is 23.5. The number of piperidine rings is 2. The fourth-order valence-corrected chi connectivity index (χ4v) is 6.28. The zero-order valence-electron chi connectivity index (χ0n) is 24.5. The van der Waals surface area contributed by atoms with Crippen LogP contribution in [-0.2, 0) is 0 Å². The van der Waals surface area contributed by atoms with Crippen molar-refractivity contribution < 1.29 is 17.0 Å². The van der Waals surface area contributed by atoms with E-state index in [1.54, 1.807) is 0 Å². The molecular formula is C30H30FN7O3. The number of ether oxygens (including phenoxy) is 1. The highest BCUT2D eigenvalue weighted by Gasteiger charge is 2.36. The van der Waals surface area contributed by atoms with Crippen LogP contribution in [-0.4, -0.2) is 81.1 Å². The van der Waals surface area contributed by atoms with Gasteiger partial charge in [-0.2, -0.15) is 19.7 Å². The van der Waals surface area contributed by atoms with Gasteiger partial charge in [-0.15, -0.1) is 6.42 Å². The first-order valence-electron chi connectivity index (χ1n) is 14.8. The number of fused-ring (bicyclic) bond motifs is 5. The second-order valence-electron chi connectivity index (χ2n) is 10.9. The van der Waals surface area contributed by atoms with Crippen LogP contribution in [0.25, 0.3) is 27.4 Å². The van der Waals surface area contributed by atoms with Crippen LogP contribution < -0.4 is 20.5 Å². The molecule has 0 radical (unpaired) electrons. The van der Waals surface area contributed by atoms with Gasteiger partial charge in [0.25, 0.3) is 5.56 Å². The lowest BCUT2D eigenvalue weighted by Gasteiger charge is -2.46. The predicted molar refractivity (Wildman–Crippen MR) is 153 cm³/mol. The molecule has 41 heavy (non-hydrogen) atoms. The Hall–Kier alpha value is -4.27. The predicted octanol–water partition coefficient (Wildman–Crippen LogP) is 2.57. The summed E-state index contributed by atoms with van der Waals surface area (Å²) in [6, 6.07) is 5.01. The Balaban J connectivity index is 1.44. The maximum atomic E-state index is 14.8. The molecule has 10 nitrogen and oxygen atoms in total. The van der Waals surface area contributed by atoms with Gasteiger partial charge in [-0.05, 0) is 56.8 Å². The third-order valence-corrected chi connectivity index (χ3v) is 8.43. The van der Waals surface area contributed by atoms with Crippen LogP contribution in [0.3, 0.4) is 0 Å². The van der Waals surface area contributed by atoms with Crippen molar-refractivity contribution in [2.45, 2.75) is 43.8 Å². The van der Waals surface area contributed by atoms with Gasteiger partial charge in [0.1, 0.15) is 29.5 Å². The summed E-state index contributed by atoms with van der Waals surface area (Å²) < 4.78 is 39.1. The number of nitrogens with zero attached hydrogens (tertiary/aromatic N) is 6. The van der Waals surface area contributed by atoms with Crippen LogP contribution in [0.4, 0.5) is 10.2 Å². The Morgan fingerprint density at radius 2 is 2.17 bits per heavy atom. The molecule has 8 rings (SSSR count). The molecule has 0 aliphatic carbocycles. The molecule has 4 aliphatic rings. The van der Waals surface area contributed by atoms with E-state index in [2.05, 4.69) is 31.2 Å². The van der Waals surface area contributed by atoms with Crippen LogP contribution in [0.5, 0.6) is 11.8 Å². The van der Waals surface area contributed by atoms with Crippen molar-refractivity contribution in [1.82, 2.24) is 30.0 Å². The van der Waals surface area contributed by atoms with Crippen molar-refractivity contribution in [3.63, 3.8) is 0 Å². The molecule has 0 spiro atoms. The smallest absolute Gasteiger partial charge is 0.319 e. The van der Waals surface area contributed by atoms with Gasteiger partial charge in [0.15, 0.2) is 0 Å². The number of aromatic hydroxyl groups is 1. The van der Waals surface area contributed by atoms with Gasteiger partial charge in [0.05, 0.1) is 25.6 Å². The van der Waals surface area contributed by atoms with E-state index in [1.165, 1.54) is 30.5 Å². The average Bonchev–Trinajstić information content (AvgIpc) is 3.44. The second kappa shape index (κ2) is 9.98. The maximum Gasteiger partial charge on any atom is 0.319 e. The number of rotatable bonds is 5. The van der Waals surface area contributed by atoms with Gasteiger partial charge in [-0.3, -0.25) is 4.79 Å². The third-order valence-electron chi connectivity index (χ3n) is 8.43. The third kappa shape index (κ3) is 4.34. The van der Waals surface area contributed by atoms with Crippen molar-refractivity contribution in [2.24, 2.45) is 0 Å². The highest BCUT2D eigenvalue weighted by molar-refractivity contribution is 5.97. The Kier molecular flexibility index (Phi) is 5.70. The summed E-state index contributed by atoms with van der Waals surface area (Å²) in [5.41, 5.74) is -0.709. The van der Waals surface area contributed by atoms with Crippen LogP contribution in [0.2, 0.25) is 0 Å². The lowest BCUT2D eigenvalue weighted by atomic mass is 9.93. The highest BCUT2D eigenvalue weighted by atomic mass is 19.1. The number of benzene rings is 2. The minimum atomic E-state index is -2.12. The molecule has 210 valence electrons. The number of likely N-dealkylation sites (N-methyl/N-ethyl adjacent to an activating group) is 1. The van der Waals surface area contributed by atoms with Crippen molar-refractivity contribution in [2.75, 3.05) is 38.1 Å². The topological polar surface area (TPSA) is 109 Å². The first-order chi connectivity index (χ1) is 20.6. The van der Waals surface area contributed by atoms with Gasteiger partial charge in [0.2, 0.25) is 0 Å². The molecule has 6 heterocycles. The standard InChI is InChI=1S/C30H30FN7O3/c1-3-22-24(31)9-6-17-11-21(39)12-25(26(17)22)38-29(40)27-23(14-33-38)28(37-15-18-7-8-19(37)13-32-18)35-30(34-27)41-16-20-5-4-10-36(20)2/h1,6,9,11-12,14,18-20,32,39H,4-5,7-8,10,13,15-16H2,2H3/t18?,19?,20-/m0/s1/i16D2. The zero-order chi connectivity index (χ0) is 30.0. The number of aromatic nitrogens is 4. The van der Waals surface area contributed by atoms with E-state index in [9.17, 15) is 14.3 Å². The van der Waals surface area contributed by atoms with Gasteiger partial charge in [-0.1, -0.05) is 12.0 Å². The second-order valence-corrected chi connectivity index (χ2v) is 10.9.